The SMILES string of the molecule is Cc1cc(CNC(C)C)cnc1N(C)CCC(F)(F)F. The predicted octanol–water partition coefficient (Wildman–Crippen LogP) is 3.28. The number of rotatable bonds is 6. The molecule has 0 spiro atoms. The Hall–Kier alpha value is -1.30. The molecule has 1 aromatic rings. The molecular formula is C14H22F3N3. The number of nitrogens with one attached hydrogen (secondary N) is 1. The summed E-state index contributed by atoms with van der Waals surface area (Å²) in [5.41, 5.74) is 1.92. The van der Waals surface area contributed by atoms with Gasteiger partial charge in [-0.1, -0.05) is 13.8 Å². The molecule has 0 radical (unpaired) electrons. The van der Waals surface area contributed by atoms with E-state index in [1.54, 1.807) is 18.1 Å². The molecule has 6 heteroatoms. The van der Waals surface area contributed by atoms with E-state index in [1.165, 1.54) is 0 Å². The molecule has 0 bridgehead atoms. The van der Waals surface area contributed by atoms with E-state index in [9.17, 15) is 13.2 Å². The van der Waals surface area contributed by atoms with Crippen LogP contribution in [0, 0.1) is 6.92 Å². The second-order valence-electron chi connectivity index (χ2n) is 5.31. The Bertz CT molecular complexity index is 430. The number of aryl methyl sites for hydroxylation is 1. The molecule has 0 unspecified atom stereocenters. The lowest BCUT2D eigenvalue weighted by molar-refractivity contribution is -0.132. The van der Waals surface area contributed by atoms with Crippen LogP contribution < -0.4 is 10.2 Å². The van der Waals surface area contributed by atoms with Gasteiger partial charge in [-0.15, -0.1) is 0 Å². The van der Waals surface area contributed by atoms with E-state index in [-0.39, 0.29) is 6.54 Å². The third-order valence-electron chi connectivity index (χ3n) is 2.91. The van der Waals surface area contributed by atoms with Crippen molar-refractivity contribution < 1.29 is 13.2 Å². The van der Waals surface area contributed by atoms with Crippen LogP contribution in [0.2, 0.25) is 0 Å². The standard InChI is InChI=1S/C14H22F3N3/c1-10(2)18-8-12-7-11(3)13(19-9-12)20(4)6-5-14(15,16)17/h7,9-10,18H,5-6,8H2,1-4H3. The Morgan fingerprint density at radius 1 is 1.35 bits per heavy atom. The zero-order valence-electron chi connectivity index (χ0n) is 12.4. The summed E-state index contributed by atoms with van der Waals surface area (Å²) in [5, 5.41) is 3.28. The van der Waals surface area contributed by atoms with Crippen LogP contribution in [0.5, 0.6) is 0 Å². The first-order valence-corrected chi connectivity index (χ1v) is 6.66. The van der Waals surface area contributed by atoms with Crippen LogP contribution in [-0.2, 0) is 6.54 Å². The third-order valence-corrected chi connectivity index (χ3v) is 2.91. The van der Waals surface area contributed by atoms with Gasteiger partial charge in [0.1, 0.15) is 5.82 Å². The summed E-state index contributed by atoms with van der Waals surface area (Å²) >= 11 is 0. The van der Waals surface area contributed by atoms with E-state index < -0.39 is 12.6 Å². The van der Waals surface area contributed by atoms with Crippen LogP contribution >= 0.6 is 0 Å². The van der Waals surface area contributed by atoms with Crippen LogP contribution in [-0.4, -0.2) is 30.8 Å². The maximum absolute atomic E-state index is 12.2. The highest BCUT2D eigenvalue weighted by molar-refractivity contribution is 5.46. The highest BCUT2D eigenvalue weighted by Gasteiger charge is 2.27. The molecule has 0 aromatic carbocycles. The molecule has 0 saturated carbocycles. The molecule has 20 heavy (non-hydrogen) atoms. The first kappa shape index (κ1) is 16.8. The number of anilines is 1. The van der Waals surface area contributed by atoms with Crippen molar-refractivity contribution >= 4 is 5.82 Å². The van der Waals surface area contributed by atoms with Gasteiger partial charge in [0.25, 0.3) is 0 Å². The minimum Gasteiger partial charge on any atom is -0.359 e. The van der Waals surface area contributed by atoms with Crippen molar-refractivity contribution in [1.29, 1.82) is 0 Å². The van der Waals surface area contributed by atoms with E-state index >= 15 is 0 Å². The van der Waals surface area contributed by atoms with Gasteiger partial charge in [0, 0.05) is 32.4 Å². The Morgan fingerprint density at radius 2 is 2.00 bits per heavy atom. The van der Waals surface area contributed by atoms with Crippen molar-refractivity contribution in [3.05, 3.63) is 23.4 Å². The predicted molar refractivity (Wildman–Crippen MR) is 74.9 cm³/mol. The largest absolute Gasteiger partial charge is 0.390 e. The average molecular weight is 289 g/mol. The van der Waals surface area contributed by atoms with Crippen LogP contribution in [0.3, 0.4) is 0 Å². The van der Waals surface area contributed by atoms with Gasteiger partial charge >= 0.3 is 6.18 Å². The number of pyridine rings is 1. The lowest BCUT2D eigenvalue weighted by atomic mass is 10.2. The minimum absolute atomic E-state index is 0.0824. The van der Waals surface area contributed by atoms with Crippen molar-refractivity contribution in [3.8, 4) is 0 Å². The summed E-state index contributed by atoms with van der Waals surface area (Å²) in [6, 6.07) is 2.34. The zero-order chi connectivity index (χ0) is 15.3. The Balaban J connectivity index is 2.67. The topological polar surface area (TPSA) is 28.2 Å². The van der Waals surface area contributed by atoms with Gasteiger partial charge in [-0.2, -0.15) is 13.2 Å². The fourth-order valence-electron chi connectivity index (χ4n) is 1.84. The van der Waals surface area contributed by atoms with Crippen molar-refractivity contribution in [2.75, 3.05) is 18.5 Å². The molecule has 1 rings (SSSR count). The molecule has 3 nitrogen and oxygen atoms in total. The quantitative estimate of drug-likeness (QED) is 0.871. The molecule has 0 aliphatic heterocycles. The highest BCUT2D eigenvalue weighted by atomic mass is 19.4. The normalized spacial score (nSPS) is 12.0. The monoisotopic (exact) mass is 289 g/mol. The Morgan fingerprint density at radius 3 is 2.50 bits per heavy atom. The van der Waals surface area contributed by atoms with E-state index in [0.717, 1.165) is 11.1 Å². The highest BCUT2D eigenvalue weighted by Crippen LogP contribution is 2.22. The van der Waals surface area contributed by atoms with Crippen molar-refractivity contribution in [3.63, 3.8) is 0 Å². The van der Waals surface area contributed by atoms with E-state index in [4.69, 9.17) is 0 Å². The molecule has 114 valence electrons. The number of hydrogen-bond acceptors (Lipinski definition) is 3. The average Bonchev–Trinajstić information content (AvgIpc) is 2.32. The number of hydrogen-bond donors (Lipinski definition) is 1. The fraction of sp³-hybridized carbons (Fsp3) is 0.643. The fourth-order valence-corrected chi connectivity index (χ4v) is 1.84. The van der Waals surface area contributed by atoms with Gasteiger partial charge in [-0.3, -0.25) is 0 Å². The van der Waals surface area contributed by atoms with E-state index in [1.807, 2.05) is 13.0 Å². The summed E-state index contributed by atoms with van der Waals surface area (Å²) in [4.78, 5) is 5.82. The first-order chi connectivity index (χ1) is 9.19. The van der Waals surface area contributed by atoms with Crippen LogP contribution in [0.25, 0.3) is 0 Å². The van der Waals surface area contributed by atoms with Crippen molar-refractivity contribution in [2.45, 2.75) is 46.0 Å². The molecule has 1 heterocycles. The van der Waals surface area contributed by atoms with Gasteiger partial charge in [0.15, 0.2) is 0 Å². The van der Waals surface area contributed by atoms with Crippen LogP contribution in [0.1, 0.15) is 31.4 Å². The number of alkyl halides is 3. The van der Waals surface area contributed by atoms with Crippen molar-refractivity contribution in [2.24, 2.45) is 0 Å². The number of nitrogens with zero attached hydrogens (tertiary/aromatic N) is 2. The second-order valence-corrected chi connectivity index (χ2v) is 5.31. The first-order valence-electron chi connectivity index (χ1n) is 6.66. The Labute approximate surface area is 118 Å². The lowest BCUT2D eigenvalue weighted by Crippen LogP contribution is -2.26. The van der Waals surface area contributed by atoms with Crippen LogP contribution in [0.4, 0.5) is 19.0 Å². The number of halogens is 3. The summed E-state index contributed by atoms with van der Waals surface area (Å²) in [6.45, 7) is 6.60. The van der Waals surface area contributed by atoms with Gasteiger partial charge in [-0.25, -0.2) is 4.98 Å². The molecule has 0 fully saturated rings. The van der Waals surface area contributed by atoms with E-state index in [2.05, 4.69) is 24.1 Å². The molecule has 0 atom stereocenters. The molecule has 1 aromatic heterocycles. The maximum Gasteiger partial charge on any atom is 0.390 e. The van der Waals surface area contributed by atoms with Gasteiger partial charge < -0.3 is 10.2 Å². The molecular weight excluding hydrogens is 267 g/mol. The van der Waals surface area contributed by atoms with Crippen molar-refractivity contribution in [1.82, 2.24) is 10.3 Å². The molecule has 0 aliphatic carbocycles. The van der Waals surface area contributed by atoms with E-state index in [0.29, 0.717) is 18.4 Å². The lowest BCUT2D eigenvalue weighted by Gasteiger charge is -2.21. The van der Waals surface area contributed by atoms with Gasteiger partial charge in [-0.05, 0) is 24.1 Å². The van der Waals surface area contributed by atoms with Gasteiger partial charge in [0.05, 0.1) is 6.42 Å². The molecule has 0 amide bonds. The smallest absolute Gasteiger partial charge is 0.359 e. The molecule has 1 N–H and O–H groups in total. The van der Waals surface area contributed by atoms with Gasteiger partial charge in [0.2, 0.25) is 0 Å². The third kappa shape index (κ3) is 5.77. The Kier molecular flexibility index (Phi) is 5.80. The molecule has 0 saturated heterocycles. The van der Waals surface area contributed by atoms with Crippen LogP contribution in [0.15, 0.2) is 12.3 Å². The summed E-state index contributed by atoms with van der Waals surface area (Å²) in [7, 11) is 1.63. The number of aromatic nitrogens is 1. The zero-order valence-corrected chi connectivity index (χ0v) is 12.4. The maximum atomic E-state index is 12.2. The second kappa shape index (κ2) is 6.92. The summed E-state index contributed by atoms with van der Waals surface area (Å²) in [6.07, 6.45) is -3.26. The summed E-state index contributed by atoms with van der Waals surface area (Å²) < 4.78 is 36.7. The molecule has 0 aliphatic rings. The minimum atomic E-state index is -4.14. The summed E-state index contributed by atoms with van der Waals surface area (Å²) in [5.74, 6) is 0.600.